The van der Waals surface area contributed by atoms with E-state index in [0.717, 1.165) is 9.92 Å². The Morgan fingerprint density at radius 2 is 2.37 bits per heavy atom. The fourth-order valence-corrected chi connectivity index (χ4v) is 4.02. The first-order valence-corrected chi connectivity index (χ1v) is 8.62. The SMILES string of the molecule is C=CC(NS(=O)(=O)O)[C@H](C)SC(=NC)c1cccs1. The molecule has 1 rings (SSSR count). The summed E-state index contributed by atoms with van der Waals surface area (Å²) < 4.78 is 32.6. The molecule has 2 N–H and O–H groups in total. The van der Waals surface area contributed by atoms with Crippen molar-refractivity contribution in [3.05, 3.63) is 35.0 Å². The minimum absolute atomic E-state index is 0.153. The van der Waals surface area contributed by atoms with Gasteiger partial charge in [0.1, 0.15) is 5.04 Å². The third kappa shape index (κ3) is 5.45. The second kappa shape index (κ2) is 7.20. The molecule has 0 saturated carbocycles. The van der Waals surface area contributed by atoms with E-state index >= 15 is 0 Å². The van der Waals surface area contributed by atoms with Crippen LogP contribution >= 0.6 is 23.1 Å². The van der Waals surface area contributed by atoms with Gasteiger partial charge in [0.05, 0.1) is 10.9 Å². The largest absolute Gasteiger partial charge is 0.333 e. The Bertz CT molecular complexity index is 538. The summed E-state index contributed by atoms with van der Waals surface area (Å²) in [5, 5.41) is 2.62. The van der Waals surface area contributed by atoms with Crippen LogP contribution in [0.25, 0.3) is 0 Å². The Morgan fingerprint density at radius 3 is 2.79 bits per heavy atom. The van der Waals surface area contributed by atoms with Crippen molar-refractivity contribution in [1.82, 2.24) is 4.72 Å². The zero-order chi connectivity index (χ0) is 14.5. The summed E-state index contributed by atoms with van der Waals surface area (Å²) in [5.74, 6) is 0. The molecule has 0 saturated heterocycles. The molecule has 0 aliphatic carbocycles. The summed E-state index contributed by atoms with van der Waals surface area (Å²) in [5.41, 5.74) is 0. The van der Waals surface area contributed by atoms with E-state index < -0.39 is 16.3 Å². The number of rotatable bonds is 6. The van der Waals surface area contributed by atoms with Crippen molar-refractivity contribution in [2.45, 2.75) is 18.2 Å². The molecule has 8 heteroatoms. The molecule has 0 fully saturated rings. The zero-order valence-corrected chi connectivity index (χ0v) is 13.1. The van der Waals surface area contributed by atoms with E-state index in [4.69, 9.17) is 4.55 Å². The molecule has 0 bridgehead atoms. The van der Waals surface area contributed by atoms with Gasteiger partial charge in [-0.25, -0.2) is 0 Å². The maximum Gasteiger partial charge on any atom is 0.333 e. The summed E-state index contributed by atoms with van der Waals surface area (Å²) >= 11 is 2.99. The van der Waals surface area contributed by atoms with Gasteiger partial charge < -0.3 is 0 Å². The molecule has 1 unspecified atom stereocenters. The first-order chi connectivity index (χ1) is 8.87. The lowest BCUT2D eigenvalue weighted by Crippen LogP contribution is -2.39. The van der Waals surface area contributed by atoms with Crippen LogP contribution in [0.3, 0.4) is 0 Å². The second-order valence-corrected chi connectivity index (χ2v) is 7.18. The average Bonchev–Trinajstić information content (AvgIpc) is 2.85. The molecule has 0 aliphatic rings. The van der Waals surface area contributed by atoms with Crippen molar-refractivity contribution in [2.24, 2.45) is 4.99 Å². The molecule has 106 valence electrons. The number of thioether (sulfide) groups is 1. The fraction of sp³-hybridized carbons (Fsp3) is 0.364. The number of nitrogens with zero attached hydrogens (tertiary/aromatic N) is 1. The van der Waals surface area contributed by atoms with Gasteiger partial charge in [-0.3, -0.25) is 9.55 Å². The second-order valence-electron chi connectivity index (χ2n) is 3.68. The maximum atomic E-state index is 10.8. The molecule has 0 spiro atoms. The molecule has 5 nitrogen and oxygen atoms in total. The fourth-order valence-electron chi connectivity index (χ4n) is 1.38. The number of nitrogens with one attached hydrogen (secondary N) is 1. The number of aliphatic imine (C=N–C) groups is 1. The van der Waals surface area contributed by atoms with Crippen molar-refractivity contribution < 1.29 is 13.0 Å². The van der Waals surface area contributed by atoms with Crippen LogP contribution in [-0.4, -0.2) is 36.4 Å². The molecule has 0 amide bonds. The van der Waals surface area contributed by atoms with Crippen molar-refractivity contribution >= 4 is 38.4 Å². The van der Waals surface area contributed by atoms with Crippen LogP contribution in [0.1, 0.15) is 11.8 Å². The maximum absolute atomic E-state index is 10.8. The van der Waals surface area contributed by atoms with E-state index in [-0.39, 0.29) is 5.25 Å². The van der Waals surface area contributed by atoms with Crippen LogP contribution in [0.5, 0.6) is 0 Å². The Labute approximate surface area is 121 Å². The summed E-state index contributed by atoms with van der Waals surface area (Å²) in [6, 6.07) is 3.31. The third-order valence-electron chi connectivity index (χ3n) is 2.28. The Kier molecular flexibility index (Phi) is 6.21. The van der Waals surface area contributed by atoms with Gasteiger partial charge in [-0.2, -0.15) is 13.1 Å². The first-order valence-electron chi connectivity index (χ1n) is 5.42. The number of hydrogen-bond acceptors (Lipinski definition) is 5. The van der Waals surface area contributed by atoms with Gasteiger partial charge in [0.2, 0.25) is 0 Å². The van der Waals surface area contributed by atoms with Gasteiger partial charge in [0, 0.05) is 12.3 Å². The monoisotopic (exact) mass is 320 g/mol. The van der Waals surface area contributed by atoms with E-state index in [1.807, 2.05) is 24.4 Å². The van der Waals surface area contributed by atoms with E-state index in [0.29, 0.717) is 0 Å². The van der Waals surface area contributed by atoms with Gasteiger partial charge >= 0.3 is 10.3 Å². The highest BCUT2D eigenvalue weighted by atomic mass is 32.2. The van der Waals surface area contributed by atoms with Gasteiger partial charge in [-0.05, 0) is 11.4 Å². The molecule has 1 aromatic heterocycles. The highest BCUT2D eigenvalue weighted by Crippen LogP contribution is 2.24. The van der Waals surface area contributed by atoms with Crippen LogP contribution in [0.15, 0.2) is 35.2 Å². The van der Waals surface area contributed by atoms with Gasteiger partial charge in [0.15, 0.2) is 0 Å². The Hall–Kier alpha value is -0.670. The van der Waals surface area contributed by atoms with Crippen LogP contribution < -0.4 is 4.72 Å². The van der Waals surface area contributed by atoms with Crippen LogP contribution in [0.2, 0.25) is 0 Å². The standard InChI is InChI=1S/C11H16N2O3S3/c1-4-9(13-19(14,15)16)8(2)18-11(12-3)10-6-5-7-17-10/h4-9,13H,1H2,2-3H3,(H,14,15,16)/t8-,9?/m0/s1. The number of thiophene rings is 1. The van der Waals surface area contributed by atoms with Crippen LogP contribution in [0.4, 0.5) is 0 Å². The smallest absolute Gasteiger partial charge is 0.280 e. The topological polar surface area (TPSA) is 78.8 Å². The Balaban J connectivity index is 2.77. The lowest BCUT2D eigenvalue weighted by atomic mass is 10.2. The highest BCUT2D eigenvalue weighted by Gasteiger charge is 2.21. The minimum atomic E-state index is -4.25. The van der Waals surface area contributed by atoms with E-state index in [9.17, 15) is 8.42 Å². The summed E-state index contributed by atoms with van der Waals surface area (Å²) in [6.45, 7) is 5.41. The first kappa shape index (κ1) is 16.4. The predicted octanol–water partition coefficient (Wildman–Crippen LogP) is 2.19. The van der Waals surface area contributed by atoms with Crippen LogP contribution in [-0.2, 0) is 10.3 Å². The van der Waals surface area contributed by atoms with Crippen molar-refractivity contribution in [2.75, 3.05) is 7.05 Å². The normalized spacial score (nSPS) is 16.1. The van der Waals surface area contributed by atoms with Crippen molar-refractivity contribution in [3.63, 3.8) is 0 Å². The minimum Gasteiger partial charge on any atom is -0.280 e. The quantitative estimate of drug-likeness (QED) is 0.364. The molecule has 1 heterocycles. The molecule has 1 aromatic rings. The summed E-state index contributed by atoms with van der Waals surface area (Å²) in [4.78, 5) is 5.22. The molecule has 2 atom stereocenters. The molecular weight excluding hydrogens is 304 g/mol. The molecule has 0 aliphatic heterocycles. The van der Waals surface area contributed by atoms with Gasteiger partial charge in [-0.15, -0.1) is 29.7 Å². The highest BCUT2D eigenvalue weighted by molar-refractivity contribution is 8.15. The van der Waals surface area contributed by atoms with E-state index in [1.54, 1.807) is 18.4 Å². The molecule has 19 heavy (non-hydrogen) atoms. The van der Waals surface area contributed by atoms with Gasteiger partial charge in [0.25, 0.3) is 0 Å². The van der Waals surface area contributed by atoms with Crippen molar-refractivity contribution in [1.29, 1.82) is 0 Å². The predicted molar refractivity (Wildman–Crippen MR) is 82.5 cm³/mol. The zero-order valence-electron chi connectivity index (χ0n) is 10.6. The van der Waals surface area contributed by atoms with E-state index in [2.05, 4.69) is 16.3 Å². The van der Waals surface area contributed by atoms with Gasteiger partial charge in [-0.1, -0.05) is 19.1 Å². The lowest BCUT2D eigenvalue weighted by Gasteiger charge is -2.20. The molecule has 0 aromatic carbocycles. The van der Waals surface area contributed by atoms with Crippen LogP contribution in [0, 0.1) is 0 Å². The number of hydrogen-bond donors (Lipinski definition) is 2. The summed E-state index contributed by atoms with van der Waals surface area (Å²) in [6.07, 6.45) is 1.45. The Morgan fingerprint density at radius 1 is 1.68 bits per heavy atom. The summed E-state index contributed by atoms with van der Waals surface area (Å²) in [7, 11) is -2.56. The third-order valence-corrected chi connectivity index (χ3v) is 5.14. The lowest BCUT2D eigenvalue weighted by molar-refractivity contribution is 0.460. The molecular formula is C11H16N2O3S3. The van der Waals surface area contributed by atoms with E-state index in [1.165, 1.54) is 17.8 Å². The van der Waals surface area contributed by atoms with Crippen molar-refractivity contribution in [3.8, 4) is 0 Å². The average molecular weight is 320 g/mol. The molecule has 0 radical (unpaired) electrons.